The standard InChI is InChI=1S/C12H16N2Si/c1-15(2,3)12-7-4-6-11(10-12)14-9-5-8-13-14/h4-10H,1-3H3. The van der Waals surface area contributed by atoms with E-state index in [-0.39, 0.29) is 0 Å². The summed E-state index contributed by atoms with van der Waals surface area (Å²) in [5.41, 5.74) is 1.15. The summed E-state index contributed by atoms with van der Waals surface area (Å²) in [5, 5.41) is 5.71. The lowest BCUT2D eigenvalue weighted by molar-refractivity contribution is 0.881. The van der Waals surface area contributed by atoms with Crippen molar-refractivity contribution in [3.8, 4) is 5.69 Å². The normalized spacial score (nSPS) is 11.7. The van der Waals surface area contributed by atoms with Gasteiger partial charge in [-0.3, -0.25) is 0 Å². The Balaban J connectivity index is 2.44. The Morgan fingerprint density at radius 3 is 2.53 bits per heavy atom. The summed E-state index contributed by atoms with van der Waals surface area (Å²) in [6.07, 6.45) is 3.78. The highest BCUT2D eigenvalue weighted by molar-refractivity contribution is 6.88. The zero-order chi connectivity index (χ0) is 10.9. The first-order valence-corrected chi connectivity index (χ1v) is 8.68. The van der Waals surface area contributed by atoms with E-state index < -0.39 is 8.07 Å². The van der Waals surface area contributed by atoms with Crippen LogP contribution >= 0.6 is 0 Å². The zero-order valence-electron chi connectivity index (χ0n) is 9.44. The monoisotopic (exact) mass is 216 g/mol. The Bertz CT molecular complexity index is 441. The maximum absolute atomic E-state index is 4.24. The van der Waals surface area contributed by atoms with Gasteiger partial charge in [-0.2, -0.15) is 5.10 Å². The van der Waals surface area contributed by atoms with E-state index in [9.17, 15) is 0 Å². The van der Waals surface area contributed by atoms with Crippen LogP contribution in [0.4, 0.5) is 0 Å². The quantitative estimate of drug-likeness (QED) is 0.705. The van der Waals surface area contributed by atoms with Gasteiger partial charge in [0.05, 0.1) is 13.8 Å². The molecule has 0 atom stereocenters. The van der Waals surface area contributed by atoms with E-state index in [1.54, 1.807) is 6.20 Å². The van der Waals surface area contributed by atoms with Crippen LogP contribution in [-0.4, -0.2) is 17.9 Å². The molecule has 0 saturated heterocycles. The highest BCUT2D eigenvalue weighted by Gasteiger charge is 2.16. The predicted molar refractivity (Wildman–Crippen MR) is 66.5 cm³/mol. The molecule has 0 N–H and O–H groups in total. The van der Waals surface area contributed by atoms with Gasteiger partial charge >= 0.3 is 0 Å². The van der Waals surface area contributed by atoms with Crippen molar-refractivity contribution in [3.05, 3.63) is 42.7 Å². The fraction of sp³-hybridized carbons (Fsp3) is 0.250. The first-order valence-electron chi connectivity index (χ1n) is 5.18. The van der Waals surface area contributed by atoms with E-state index >= 15 is 0 Å². The average Bonchev–Trinajstić information content (AvgIpc) is 2.69. The molecule has 0 spiro atoms. The van der Waals surface area contributed by atoms with E-state index in [1.165, 1.54) is 5.19 Å². The summed E-state index contributed by atoms with van der Waals surface area (Å²) in [6, 6.07) is 10.6. The van der Waals surface area contributed by atoms with Gasteiger partial charge in [0, 0.05) is 12.4 Å². The molecule has 0 bridgehead atoms. The molecule has 0 aliphatic heterocycles. The molecule has 0 aliphatic carbocycles. The molecule has 0 fully saturated rings. The van der Waals surface area contributed by atoms with Crippen molar-refractivity contribution in [1.82, 2.24) is 9.78 Å². The maximum atomic E-state index is 4.24. The molecule has 15 heavy (non-hydrogen) atoms. The molecule has 0 radical (unpaired) electrons. The Morgan fingerprint density at radius 2 is 1.93 bits per heavy atom. The van der Waals surface area contributed by atoms with Crippen LogP contribution in [0.5, 0.6) is 0 Å². The Hall–Kier alpha value is -1.35. The average molecular weight is 216 g/mol. The van der Waals surface area contributed by atoms with Crippen LogP contribution in [0.3, 0.4) is 0 Å². The lowest BCUT2D eigenvalue weighted by Gasteiger charge is -2.17. The third-order valence-electron chi connectivity index (χ3n) is 2.48. The molecule has 1 heterocycles. The first-order chi connectivity index (χ1) is 7.07. The maximum Gasteiger partial charge on any atom is 0.0776 e. The molecule has 2 aromatic rings. The Morgan fingerprint density at radius 1 is 1.13 bits per heavy atom. The third-order valence-corrected chi connectivity index (χ3v) is 4.52. The van der Waals surface area contributed by atoms with E-state index in [0.29, 0.717) is 0 Å². The minimum absolute atomic E-state index is 1.15. The first kappa shape index (κ1) is 10.2. The SMILES string of the molecule is C[Si](C)(C)c1cccc(-n2cccn2)c1. The molecular formula is C12H16N2Si. The largest absolute Gasteiger partial charge is 0.241 e. The van der Waals surface area contributed by atoms with Crippen LogP contribution in [0.1, 0.15) is 0 Å². The molecule has 2 rings (SSSR count). The Labute approximate surface area is 91.6 Å². The topological polar surface area (TPSA) is 17.8 Å². The molecule has 0 aliphatic rings. The van der Waals surface area contributed by atoms with Crippen LogP contribution < -0.4 is 5.19 Å². The second kappa shape index (κ2) is 3.66. The van der Waals surface area contributed by atoms with Gasteiger partial charge in [-0.25, -0.2) is 4.68 Å². The van der Waals surface area contributed by atoms with Crippen molar-refractivity contribution < 1.29 is 0 Å². The fourth-order valence-corrected chi connectivity index (χ4v) is 2.71. The highest BCUT2D eigenvalue weighted by Crippen LogP contribution is 2.08. The molecule has 0 saturated carbocycles. The van der Waals surface area contributed by atoms with Crippen LogP contribution in [0.2, 0.25) is 19.6 Å². The smallest absolute Gasteiger partial charge is 0.0776 e. The van der Waals surface area contributed by atoms with Crippen molar-refractivity contribution in [2.75, 3.05) is 0 Å². The fourth-order valence-electron chi connectivity index (χ4n) is 1.54. The summed E-state index contributed by atoms with van der Waals surface area (Å²) < 4.78 is 1.91. The second-order valence-corrected chi connectivity index (χ2v) is 9.83. The Kier molecular flexibility index (Phi) is 2.48. The van der Waals surface area contributed by atoms with E-state index in [1.807, 2.05) is 16.9 Å². The van der Waals surface area contributed by atoms with Crippen LogP contribution in [0.25, 0.3) is 5.69 Å². The van der Waals surface area contributed by atoms with Crippen molar-refractivity contribution in [2.24, 2.45) is 0 Å². The molecule has 1 aromatic heterocycles. The lowest BCUT2D eigenvalue weighted by Crippen LogP contribution is -2.37. The summed E-state index contributed by atoms with van der Waals surface area (Å²) in [4.78, 5) is 0. The number of aromatic nitrogens is 2. The van der Waals surface area contributed by atoms with Crippen molar-refractivity contribution in [1.29, 1.82) is 0 Å². The van der Waals surface area contributed by atoms with E-state index in [4.69, 9.17) is 0 Å². The predicted octanol–water partition coefficient (Wildman–Crippen LogP) is 2.42. The van der Waals surface area contributed by atoms with Gasteiger partial charge in [0.25, 0.3) is 0 Å². The number of hydrogen-bond donors (Lipinski definition) is 0. The van der Waals surface area contributed by atoms with Gasteiger partial charge in [-0.1, -0.05) is 37.0 Å². The number of hydrogen-bond acceptors (Lipinski definition) is 1. The minimum Gasteiger partial charge on any atom is -0.241 e. The molecule has 2 nitrogen and oxygen atoms in total. The summed E-state index contributed by atoms with van der Waals surface area (Å²) in [6.45, 7) is 7.07. The molecule has 1 aromatic carbocycles. The minimum atomic E-state index is -1.22. The van der Waals surface area contributed by atoms with Crippen molar-refractivity contribution in [3.63, 3.8) is 0 Å². The molecule has 78 valence electrons. The van der Waals surface area contributed by atoms with Crippen LogP contribution in [0, 0.1) is 0 Å². The summed E-state index contributed by atoms with van der Waals surface area (Å²) >= 11 is 0. The number of benzene rings is 1. The lowest BCUT2D eigenvalue weighted by atomic mass is 10.3. The van der Waals surface area contributed by atoms with Crippen molar-refractivity contribution in [2.45, 2.75) is 19.6 Å². The van der Waals surface area contributed by atoms with E-state index in [2.05, 4.69) is 49.0 Å². The van der Waals surface area contributed by atoms with Gasteiger partial charge in [-0.15, -0.1) is 0 Å². The van der Waals surface area contributed by atoms with Gasteiger partial charge < -0.3 is 0 Å². The third kappa shape index (κ3) is 2.18. The summed E-state index contributed by atoms with van der Waals surface area (Å²) in [5.74, 6) is 0. The molecular weight excluding hydrogens is 200 g/mol. The van der Waals surface area contributed by atoms with E-state index in [0.717, 1.165) is 5.69 Å². The second-order valence-electron chi connectivity index (χ2n) is 4.75. The molecule has 0 amide bonds. The van der Waals surface area contributed by atoms with Gasteiger partial charge in [-0.05, 0) is 18.2 Å². The van der Waals surface area contributed by atoms with Crippen LogP contribution in [-0.2, 0) is 0 Å². The summed E-state index contributed by atoms with van der Waals surface area (Å²) in [7, 11) is -1.22. The van der Waals surface area contributed by atoms with Gasteiger partial charge in [0.2, 0.25) is 0 Å². The molecule has 3 heteroatoms. The highest BCUT2D eigenvalue weighted by atomic mass is 28.3. The number of rotatable bonds is 2. The molecule has 0 unspecified atom stereocenters. The van der Waals surface area contributed by atoms with Gasteiger partial charge in [0.1, 0.15) is 0 Å². The van der Waals surface area contributed by atoms with Crippen LogP contribution in [0.15, 0.2) is 42.7 Å². The zero-order valence-corrected chi connectivity index (χ0v) is 10.4. The van der Waals surface area contributed by atoms with Gasteiger partial charge in [0.15, 0.2) is 0 Å². The number of nitrogens with zero attached hydrogens (tertiary/aromatic N) is 2. The van der Waals surface area contributed by atoms with Crippen molar-refractivity contribution >= 4 is 13.3 Å².